The molecule has 1 aromatic rings. The Kier molecular flexibility index (Phi) is 5.39. The van der Waals surface area contributed by atoms with Crippen LogP contribution in [0, 0.1) is 11.8 Å². The van der Waals surface area contributed by atoms with E-state index in [0.29, 0.717) is 12.3 Å². The summed E-state index contributed by atoms with van der Waals surface area (Å²) in [6, 6.07) is 0. The third kappa shape index (κ3) is 3.14. The summed E-state index contributed by atoms with van der Waals surface area (Å²) in [6.07, 6.45) is 1.51. The van der Waals surface area contributed by atoms with Crippen molar-refractivity contribution in [3.8, 4) is 0 Å². The number of halogens is 1. The maximum atomic E-state index is 11.7. The average Bonchev–Trinajstić information content (AvgIpc) is 2.61. The van der Waals surface area contributed by atoms with Gasteiger partial charge in [-0.3, -0.25) is 9.48 Å². The Bertz CT molecular complexity index is 424. The molecule has 0 aliphatic heterocycles. The summed E-state index contributed by atoms with van der Waals surface area (Å²) in [7, 11) is 0. The Morgan fingerprint density at radius 2 is 2.00 bits per heavy atom. The normalized spacial score (nSPS) is 13.1. The van der Waals surface area contributed by atoms with Crippen LogP contribution in [-0.4, -0.2) is 15.6 Å². The fourth-order valence-corrected chi connectivity index (χ4v) is 2.62. The lowest BCUT2D eigenvalue weighted by Gasteiger charge is -2.18. The largest absolute Gasteiger partial charge is 0.300 e. The van der Waals surface area contributed by atoms with Crippen LogP contribution in [0.25, 0.3) is 0 Å². The van der Waals surface area contributed by atoms with Crippen LogP contribution in [0.1, 0.15) is 46.0 Å². The van der Waals surface area contributed by atoms with Gasteiger partial charge in [0.2, 0.25) is 0 Å². The first-order chi connectivity index (χ1) is 8.42. The van der Waals surface area contributed by atoms with E-state index in [1.165, 1.54) is 0 Å². The summed E-state index contributed by atoms with van der Waals surface area (Å²) in [5.74, 6) is 0.570. The molecule has 18 heavy (non-hydrogen) atoms. The highest BCUT2D eigenvalue weighted by molar-refractivity contribution is 6.31. The van der Waals surface area contributed by atoms with E-state index in [4.69, 9.17) is 11.6 Å². The van der Waals surface area contributed by atoms with Gasteiger partial charge in [-0.05, 0) is 26.2 Å². The van der Waals surface area contributed by atoms with Crippen LogP contribution in [-0.2, 0) is 24.2 Å². The highest BCUT2D eigenvalue weighted by atomic mass is 35.5. The van der Waals surface area contributed by atoms with Gasteiger partial charge in [0.15, 0.2) is 0 Å². The van der Waals surface area contributed by atoms with Crippen molar-refractivity contribution >= 4 is 17.4 Å². The van der Waals surface area contributed by atoms with Gasteiger partial charge in [0.05, 0.1) is 16.4 Å². The molecule has 0 aliphatic carbocycles. The number of carbonyl (C=O) groups is 1. The fraction of sp³-hybridized carbons (Fsp3) is 0.714. The minimum Gasteiger partial charge on any atom is -0.300 e. The van der Waals surface area contributed by atoms with Gasteiger partial charge >= 0.3 is 0 Å². The Morgan fingerprint density at radius 3 is 2.39 bits per heavy atom. The van der Waals surface area contributed by atoms with Crippen molar-refractivity contribution in [1.82, 2.24) is 9.78 Å². The molecule has 1 aromatic heterocycles. The average molecular weight is 271 g/mol. The van der Waals surface area contributed by atoms with Gasteiger partial charge in [-0.1, -0.05) is 32.4 Å². The van der Waals surface area contributed by atoms with Crippen molar-refractivity contribution in [1.29, 1.82) is 0 Å². The Balaban J connectivity index is 3.08. The zero-order valence-electron chi connectivity index (χ0n) is 12.0. The topological polar surface area (TPSA) is 34.9 Å². The lowest BCUT2D eigenvalue weighted by molar-refractivity contribution is -0.122. The maximum absolute atomic E-state index is 11.7. The van der Waals surface area contributed by atoms with E-state index in [9.17, 15) is 4.79 Å². The minimum atomic E-state index is 0.0224. The molecule has 0 N–H and O–H groups in total. The minimum absolute atomic E-state index is 0.0224. The zero-order valence-corrected chi connectivity index (χ0v) is 12.7. The van der Waals surface area contributed by atoms with Crippen LogP contribution in [0.15, 0.2) is 0 Å². The van der Waals surface area contributed by atoms with Crippen molar-refractivity contribution in [3.05, 3.63) is 16.4 Å². The highest BCUT2D eigenvalue weighted by Crippen LogP contribution is 2.27. The lowest BCUT2D eigenvalue weighted by Crippen LogP contribution is -2.22. The van der Waals surface area contributed by atoms with Crippen LogP contribution < -0.4 is 0 Å². The van der Waals surface area contributed by atoms with Crippen LogP contribution in [0.4, 0.5) is 0 Å². The molecule has 0 amide bonds. The summed E-state index contributed by atoms with van der Waals surface area (Å²) in [6.45, 7) is 10.7. The number of ketones is 1. The smallest absolute Gasteiger partial charge is 0.133 e. The number of nitrogens with zero attached hydrogens (tertiary/aromatic N) is 2. The lowest BCUT2D eigenvalue weighted by atomic mass is 9.88. The molecule has 0 radical (unpaired) electrons. The number of Topliss-reactive ketones (excluding diaryl/α,β-unsaturated/α-hetero) is 1. The number of aromatic nitrogens is 2. The van der Waals surface area contributed by atoms with Gasteiger partial charge in [-0.2, -0.15) is 5.10 Å². The summed E-state index contributed by atoms with van der Waals surface area (Å²) < 4.78 is 1.93. The molecule has 0 saturated heterocycles. The van der Waals surface area contributed by atoms with Crippen molar-refractivity contribution in [2.75, 3.05) is 0 Å². The first kappa shape index (κ1) is 15.2. The van der Waals surface area contributed by atoms with Crippen LogP contribution >= 0.6 is 11.6 Å². The third-order valence-corrected chi connectivity index (χ3v) is 3.87. The van der Waals surface area contributed by atoms with Crippen LogP contribution in [0.5, 0.6) is 0 Å². The summed E-state index contributed by atoms with van der Waals surface area (Å²) in [4.78, 5) is 11.7. The number of rotatable bonds is 6. The summed E-state index contributed by atoms with van der Waals surface area (Å²) in [5.41, 5.74) is 1.93. The van der Waals surface area contributed by atoms with Gasteiger partial charge < -0.3 is 0 Å². The Morgan fingerprint density at radius 1 is 1.39 bits per heavy atom. The van der Waals surface area contributed by atoms with Gasteiger partial charge in [-0.25, -0.2) is 0 Å². The van der Waals surface area contributed by atoms with E-state index in [-0.39, 0.29) is 11.7 Å². The first-order valence-electron chi connectivity index (χ1n) is 6.66. The molecular formula is C14H23ClN2O. The number of hydrogen-bond acceptors (Lipinski definition) is 2. The van der Waals surface area contributed by atoms with Crippen molar-refractivity contribution < 1.29 is 4.79 Å². The van der Waals surface area contributed by atoms with Gasteiger partial charge in [0.1, 0.15) is 5.78 Å². The molecule has 3 nitrogen and oxygen atoms in total. The van der Waals surface area contributed by atoms with Crippen LogP contribution in [0.2, 0.25) is 5.02 Å². The molecule has 0 saturated carbocycles. The second kappa shape index (κ2) is 6.37. The Hall–Kier alpha value is -0.830. The van der Waals surface area contributed by atoms with E-state index in [1.54, 1.807) is 6.92 Å². The molecular weight excluding hydrogens is 248 g/mol. The predicted octanol–water partition coefficient (Wildman–Crippen LogP) is 3.52. The van der Waals surface area contributed by atoms with E-state index in [2.05, 4.69) is 18.9 Å². The molecule has 0 aromatic carbocycles. The monoisotopic (exact) mass is 270 g/mol. The number of aryl methyl sites for hydroxylation is 2. The van der Waals surface area contributed by atoms with Crippen LogP contribution in [0.3, 0.4) is 0 Å². The predicted molar refractivity (Wildman–Crippen MR) is 75.0 cm³/mol. The van der Waals surface area contributed by atoms with Gasteiger partial charge in [0, 0.05) is 18.9 Å². The molecule has 0 spiro atoms. The van der Waals surface area contributed by atoms with Crippen molar-refractivity contribution in [2.45, 2.75) is 54.0 Å². The second-order valence-corrected chi connectivity index (χ2v) is 5.42. The molecule has 1 heterocycles. The van der Waals surface area contributed by atoms with Crippen molar-refractivity contribution in [2.24, 2.45) is 11.8 Å². The zero-order chi connectivity index (χ0) is 13.9. The van der Waals surface area contributed by atoms with Crippen molar-refractivity contribution in [3.63, 3.8) is 0 Å². The summed E-state index contributed by atoms with van der Waals surface area (Å²) >= 11 is 6.37. The number of hydrogen-bond donors (Lipinski definition) is 0. The highest BCUT2D eigenvalue weighted by Gasteiger charge is 2.24. The van der Waals surface area contributed by atoms with E-state index >= 15 is 0 Å². The molecule has 1 rings (SSSR count). The summed E-state index contributed by atoms with van der Waals surface area (Å²) in [5, 5.41) is 5.23. The molecule has 0 aliphatic rings. The molecule has 0 bridgehead atoms. The van der Waals surface area contributed by atoms with E-state index in [1.807, 2.05) is 18.5 Å². The standard InChI is InChI=1S/C14H23ClN2O/c1-6-12-14(15)13(17(7-2)16-12)8-11(9(3)4)10(5)18/h9,11H,6-8H2,1-5H3. The molecule has 1 unspecified atom stereocenters. The number of carbonyl (C=O) groups excluding carboxylic acids is 1. The van der Waals surface area contributed by atoms with E-state index < -0.39 is 0 Å². The molecule has 1 atom stereocenters. The maximum Gasteiger partial charge on any atom is 0.133 e. The second-order valence-electron chi connectivity index (χ2n) is 5.04. The van der Waals surface area contributed by atoms with E-state index in [0.717, 1.165) is 29.4 Å². The quantitative estimate of drug-likeness (QED) is 0.793. The SMILES string of the molecule is CCc1nn(CC)c(CC(C(C)=O)C(C)C)c1Cl. The Labute approximate surface area is 115 Å². The molecule has 4 heteroatoms. The van der Waals surface area contributed by atoms with Gasteiger partial charge in [-0.15, -0.1) is 0 Å². The molecule has 102 valence electrons. The fourth-order valence-electron chi connectivity index (χ4n) is 2.27. The molecule has 0 fully saturated rings. The first-order valence-corrected chi connectivity index (χ1v) is 7.04. The van der Waals surface area contributed by atoms with Gasteiger partial charge in [0.25, 0.3) is 0 Å². The third-order valence-electron chi connectivity index (χ3n) is 3.43.